The van der Waals surface area contributed by atoms with Crippen LogP contribution in [0.1, 0.15) is 53.5 Å². The predicted octanol–water partition coefficient (Wildman–Crippen LogP) is 3.31. The van der Waals surface area contributed by atoms with Crippen molar-refractivity contribution < 1.29 is 19.1 Å². The zero-order valence-corrected chi connectivity index (χ0v) is 19.2. The molecule has 9 heteroatoms. The Bertz CT molecular complexity index is 920. The van der Waals surface area contributed by atoms with E-state index < -0.39 is 0 Å². The normalized spacial score (nSPS) is 17.8. The maximum Gasteiger partial charge on any atom is 0.275 e. The fraction of sp³-hybridized carbons (Fsp3) is 0.522. The number of nitrogens with zero attached hydrogens (tertiary/aromatic N) is 2. The summed E-state index contributed by atoms with van der Waals surface area (Å²) in [7, 11) is 0. The van der Waals surface area contributed by atoms with Crippen LogP contribution in [0.3, 0.4) is 0 Å². The number of amides is 2. The first-order valence-electron chi connectivity index (χ1n) is 11.2. The van der Waals surface area contributed by atoms with Crippen molar-refractivity contribution in [2.75, 3.05) is 43.1 Å². The van der Waals surface area contributed by atoms with Crippen LogP contribution in [0.15, 0.2) is 29.6 Å². The molecule has 4 rings (SSSR count). The largest absolute Gasteiger partial charge is 0.381 e. The third-order valence-corrected chi connectivity index (χ3v) is 6.72. The lowest BCUT2D eigenvalue weighted by Crippen LogP contribution is -2.39. The SMILES string of the molecule is CCOC1CCN(c2nc(C(=O)Nc3ccccc3C(=O)NC3CCOCC3)cs2)CC1. The second-order valence-corrected chi connectivity index (χ2v) is 8.85. The lowest BCUT2D eigenvalue weighted by molar-refractivity contribution is 0.0459. The molecule has 8 nitrogen and oxygen atoms in total. The van der Waals surface area contributed by atoms with Gasteiger partial charge in [-0.1, -0.05) is 12.1 Å². The van der Waals surface area contributed by atoms with Crippen molar-refractivity contribution in [2.45, 2.75) is 44.8 Å². The molecule has 0 unspecified atom stereocenters. The fourth-order valence-corrected chi connectivity index (χ4v) is 4.90. The number of hydrogen-bond donors (Lipinski definition) is 2. The van der Waals surface area contributed by atoms with Crippen LogP contribution in [0.4, 0.5) is 10.8 Å². The molecule has 1 aromatic carbocycles. The number of carbonyl (C=O) groups is 2. The Morgan fingerprint density at radius 2 is 1.91 bits per heavy atom. The van der Waals surface area contributed by atoms with Crippen LogP contribution < -0.4 is 15.5 Å². The third kappa shape index (κ3) is 5.65. The number of aromatic nitrogens is 1. The monoisotopic (exact) mass is 458 g/mol. The molecule has 2 amide bonds. The minimum Gasteiger partial charge on any atom is -0.381 e. The summed E-state index contributed by atoms with van der Waals surface area (Å²) >= 11 is 1.47. The molecular formula is C23H30N4O4S. The fourth-order valence-electron chi connectivity index (χ4n) is 4.04. The van der Waals surface area contributed by atoms with Crippen molar-refractivity contribution in [1.29, 1.82) is 0 Å². The van der Waals surface area contributed by atoms with Crippen LogP contribution in [0, 0.1) is 0 Å². The Hall–Kier alpha value is -2.49. The number of para-hydroxylation sites is 1. The van der Waals surface area contributed by atoms with E-state index >= 15 is 0 Å². The lowest BCUT2D eigenvalue weighted by atomic mass is 10.1. The predicted molar refractivity (Wildman–Crippen MR) is 125 cm³/mol. The van der Waals surface area contributed by atoms with Crippen LogP contribution in [-0.4, -0.2) is 61.9 Å². The summed E-state index contributed by atoms with van der Waals surface area (Å²) in [4.78, 5) is 32.4. The number of carbonyl (C=O) groups excluding carboxylic acids is 2. The molecule has 2 aromatic rings. The summed E-state index contributed by atoms with van der Waals surface area (Å²) in [5.41, 5.74) is 1.28. The van der Waals surface area contributed by atoms with Crippen LogP contribution in [-0.2, 0) is 9.47 Å². The van der Waals surface area contributed by atoms with E-state index in [1.807, 2.05) is 6.92 Å². The van der Waals surface area contributed by atoms with Gasteiger partial charge in [0.25, 0.3) is 11.8 Å². The van der Waals surface area contributed by atoms with Crippen LogP contribution in [0.5, 0.6) is 0 Å². The molecule has 2 aliphatic heterocycles. The van der Waals surface area contributed by atoms with Crippen LogP contribution in [0.25, 0.3) is 0 Å². The number of thiazole rings is 1. The molecule has 32 heavy (non-hydrogen) atoms. The maximum absolute atomic E-state index is 12.9. The maximum atomic E-state index is 12.9. The Morgan fingerprint density at radius 3 is 2.66 bits per heavy atom. The zero-order valence-electron chi connectivity index (χ0n) is 18.3. The molecule has 0 spiro atoms. The molecule has 0 saturated carbocycles. The number of anilines is 2. The van der Waals surface area contributed by atoms with E-state index in [1.54, 1.807) is 29.6 Å². The molecule has 0 bridgehead atoms. The highest BCUT2D eigenvalue weighted by atomic mass is 32.1. The topological polar surface area (TPSA) is 92.8 Å². The number of piperidine rings is 1. The van der Waals surface area contributed by atoms with Gasteiger partial charge in [-0.15, -0.1) is 11.3 Å². The first kappa shape index (κ1) is 22.7. The summed E-state index contributed by atoms with van der Waals surface area (Å²) in [5, 5.41) is 8.52. The van der Waals surface area contributed by atoms with Gasteiger partial charge in [-0.05, 0) is 44.7 Å². The molecule has 0 aliphatic carbocycles. The molecular weight excluding hydrogens is 428 g/mol. The summed E-state index contributed by atoms with van der Waals surface area (Å²) in [5.74, 6) is -0.507. The van der Waals surface area contributed by atoms with Gasteiger partial charge in [0.1, 0.15) is 5.69 Å². The molecule has 2 aliphatic rings. The molecule has 0 radical (unpaired) electrons. The number of nitrogens with one attached hydrogen (secondary N) is 2. The second-order valence-electron chi connectivity index (χ2n) is 8.02. The van der Waals surface area contributed by atoms with Crippen molar-refractivity contribution >= 4 is 34.0 Å². The molecule has 2 N–H and O–H groups in total. The third-order valence-electron chi connectivity index (χ3n) is 5.82. The van der Waals surface area contributed by atoms with Crippen LogP contribution >= 0.6 is 11.3 Å². The van der Waals surface area contributed by atoms with Crippen molar-refractivity contribution in [3.05, 3.63) is 40.9 Å². The number of benzene rings is 1. The van der Waals surface area contributed by atoms with Gasteiger partial charge in [-0.3, -0.25) is 9.59 Å². The van der Waals surface area contributed by atoms with E-state index in [1.165, 1.54) is 11.3 Å². The molecule has 1 aromatic heterocycles. The molecule has 2 fully saturated rings. The van der Waals surface area contributed by atoms with E-state index in [0.717, 1.165) is 50.5 Å². The first-order chi connectivity index (χ1) is 15.6. The summed E-state index contributed by atoms with van der Waals surface area (Å²) in [6, 6.07) is 7.15. The van der Waals surface area contributed by atoms with Gasteiger partial charge >= 0.3 is 0 Å². The van der Waals surface area contributed by atoms with E-state index in [-0.39, 0.29) is 17.9 Å². The lowest BCUT2D eigenvalue weighted by Gasteiger charge is -2.31. The van der Waals surface area contributed by atoms with E-state index in [2.05, 4.69) is 20.5 Å². The number of hydrogen-bond acceptors (Lipinski definition) is 7. The molecule has 0 atom stereocenters. The Balaban J connectivity index is 1.38. The van der Waals surface area contributed by atoms with Crippen LogP contribution in [0.2, 0.25) is 0 Å². The number of rotatable bonds is 7. The Morgan fingerprint density at radius 1 is 1.16 bits per heavy atom. The highest BCUT2D eigenvalue weighted by molar-refractivity contribution is 7.14. The van der Waals surface area contributed by atoms with E-state index in [4.69, 9.17) is 9.47 Å². The van der Waals surface area contributed by atoms with Gasteiger partial charge in [0.2, 0.25) is 0 Å². The highest BCUT2D eigenvalue weighted by Gasteiger charge is 2.23. The average Bonchev–Trinajstić information content (AvgIpc) is 3.31. The smallest absolute Gasteiger partial charge is 0.275 e. The molecule has 172 valence electrons. The summed E-state index contributed by atoms with van der Waals surface area (Å²) in [6.07, 6.45) is 3.82. The zero-order chi connectivity index (χ0) is 22.3. The minimum absolute atomic E-state index is 0.0907. The summed E-state index contributed by atoms with van der Waals surface area (Å²) < 4.78 is 11.1. The van der Waals surface area contributed by atoms with E-state index in [0.29, 0.717) is 36.3 Å². The number of ether oxygens (including phenoxy) is 2. The Labute approximate surface area is 192 Å². The van der Waals surface area contributed by atoms with Crippen molar-refractivity contribution in [3.8, 4) is 0 Å². The Kier molecular flexibility index (Phi) is 7.72. The highest BCUT2D eigenvalue weighted by Crippen LogP contribution is 2.26. The first-order valence-corrected chi connectivity index (χ1v) is 12.1. The van der Waals surface area contributed by atoms with Crippen molar-refractivity contribution in [2.24, 2.45) is 0 Å². The van der Waals surface area contributed by atoms with Gasteiger partial charge in [0.15, 0.2) is 5.13 Å². The van der Waals surface area contributed by atoms with Gasteiger partial charge in [0.05, 0.1) is 17.4 Å². The van der Waals surface area contributed by atoms with E-state index in [9.17, 15) is 9.59 Å². The second kappa shape index (κ2) is 10.9. The summed E-state index contributed by atoms with van der Waals surface area (Å²) in [6.45, 7) is 5.80. The van der Waals surface area contributed by atoms with Gasteiger partial charge in [0, 0.05) is 44.3 Å². The average molecular weight is 459 g/mol. The quantitative estimate of drug-likeness (QED) is 0.661. The van der Waals surface area contributed by atoms with Gasteiger partial charge < -0.3 is 25.0 Å². The standard InChI is InChI=1S/C23H30N4O4S/c1-2-31-17-7-11-27(12-8-17)23-26-20(15-32-23)22(29)25-19-6-4-3-5-18(19)21(28)24-16-9-13-30-14-10-16/h3-6,15-17H,2,7-14H2,1H3,(H,24,28)(H,25,29). The van der Waals surface area contributed by atoms with Gasteiger partial charge in [-0.2, -0.15) is 0 Å². The molecule has 3 heterocycles. The minimum atomic E-state index is -0.317. The van der Waals surface area contributed by atoms with Gasteiger partial charge in [-0.25, -0.2) is 4.98 Å². The molecule has 2 saturated heterocycles. The van der Waals surface area contributed by atoms with Crippen molar-refractivity contribution in [1.82, 2.24) is 10.3 Å². The van der Waals surface area contributed by atoms with Crippen molar-refractivity contribution in [3.63, 3.8) is 0 Å².